The standard InChI is InChI=1S/C19H27NO4S2/c1-13-7-5-6-8-15(13)11-16(12-26-14(2)21)18(22)20-17(9-10-25-4)19(23)24-3/h5-8,16-17H,9-12H2,1-4H3,(H,20,22)/t16-,17+/m1/s1. The molecule has 1 amide bonds. The summed E-state index contributed by atoms with van der Waals surface area (Å²) in [7, 11) is 1.32. The summed E-state index contributed by atoms with van der Waals surface area (Å²) in [6.07, 6.45) is 2.98. The van der Waals surface area contributed by atoms with Crippen molar-refractivity contribution in [3.63, 3.8) is 0 Å². The van der Waals surface area contributed by atoms with E-state index >= 15 is 0 Å². The summed E-state index contributed by atoms with van der Waals surface area (Å²) in [5.41, 5.74) is 2.17. The van der Waals surface area contributed by atoms with Crippen LogP contribution in [0.3, 0.4) is 0 Å². The summed E-state index contributed by atoms with van der Waals surface area (Å²) in [5.74, 6) is 0.0580. The third-order valence-electron chi connectivity index (χ3n) is 4.00. The van der Waals surface area contributed by atoms with Crippen LogP contribution in [-0.2, 0) is 25.5 Å². The Hall–Kier alpha value is -1.47. The summed E-state index contributed by atoms with van der Waals surface area (Å²) in [4.78, 5) is 36.1. The van der Waals surface area contributed by atoms with Crippen LogP contribution in [0.15, 0.2) is 24.3 Å². The van der Waals surface area contributed by atoms with Gasteiger partial charge in [-0.2, -0.15) is 11.8 Å². The van der Waals surface area contributed by atoms with E-state index in [2.05, 4.69) is 5.32 Å². The van der Waals surface area contributed by atoms with Crippen LogP contribution in [0.5, 0.6) is 0 Å². The van der Waals surface area contributed by atoms with Crippen LogP contribution in [-0.4, -0.2) is 47.9 Å². The number of ether oxygens (including phenoxy) is 1. The molecule has 1 rings (SSSR count). The Bertz CT molecular complexity index is 621. The van der Waals surface area contributed by atoms with Gasteiger partial charge in [-0.05, 0) is 42.9 Å². The van der Waals surface area contributed by atoms with Gasteiger partial charge in [0.15, 0.2) is 5.12 Å². The number of hydrogen-bond acceptors (Lipinski definition) is 6. The zero-order chi connectivity index (χ0) is 19.5. The third kappa shape index (κ3) is 7.83. The minimum absolute atomic E-state index is 0.0283. The summed E-state index contributed by atoms with van der Waals surface area (Å²) in [6.45, 7) is 3.49. The molecule has 0 aliphatic rings. The Morgan fingerprint density at radius 3 is 2.50 bits per heavy atom. The largest absolute Gasteiger partial charge is 0.467 e. The van der Waals surface area contributed by atoms with Crippen LogP contribution in [0.1, 0.15) is 24.5 Å². The maximum absolute atomic E-state index is 12.8. The predicted molar refractivity (Wildman–Crippen MR) is 108 cm³/mol. The zero-order valence-electron chi connectivity index (χ0n) is 15.7. The molecule has 0 aromatic heterocycles. The first-order valence-electron chi connectivity index (χ1n) is 8.44. The average Bonchev–Trinajstić information content (AvgIpc) is 2.62. The minimum atomic E-state index is -0.665. The molecule has 0 heterocycles. The molecule has 1 aromatic carbocycles. The number of benzene rings is 1. The Morgan fingerprint density at radius 2 is 1.92 bits per heavy atom. The van der Waals surface area contributed by atoms with Crippen molar-refractivity contribution in [2.24, 2.45) is 5.92 Å². The molecular formula is C19H27NO4S2. The molecule has 0 saturated carbocycles. The SMILES string of the molecule is COC(=O)[C@H](CCSC)NC(=O)[C@@H](CSC(C)=O)Cc1ccccc1C. The minimum Gasteiger partial charge on any atom is -0.467 e. The Labute approximate surface area is 164 Å². The summed E-state index contributed by atoms with van der Waals surface area (Å²) in [6, 6.07) is 7.21. The van der Waals surface area contributed by atoms with Crippen molar-refractivity contribution in [1.82, 2.24) is 5.32 Å². The molecule has 0 bridgehead atoms. The van der Waals surface area contributed by atoms with Crippen molar-refractivity contribution < 1.29 is 19.1 Å². The van der Waals surface area contributed by atoms with E-state index in [-0.39, 0.29) is 11.0 Å². The number of thioether (sulfide) groups is 2. The van der Waals surface area contributed by atoms with Gasteiger partial charge in [0, 0.05) is 12.7 Å². The topological polar surface area (TPSA) is 72.5 Å². The number of esters is 1. The number of methoxy groups -OCH3 is 1. The van der Waals surface area contributed by atoms with Crippen LogP contribution in [0.25, 0.3) is 0 Å². The maximum atomic E-state index is 12.8. The number of hydrogen-bond donors (Lipinski definition) is 1. The lowest BCUT2D eigenvalue weighted by molar-refractivity contribution is -0.145. The Kier molecular flexibility index (Phi) is 10.4. The number of rotatable bonds is 10. The predicted octanol–water partition coefficient (Wildman–Crippen LogP) is 2.84. The van der Waals surface area contributed by atoms with Crippen molar-refractivity contribution in [2.75, 3.05) is 24.9 Å². The average molecular weight is 398 g/mol. The number of nitrogens with one attached hydrogen (secondary N) is 1. The van der Waals surface area contributed by atoms with Crippen molar-refractivity contribution in [2.45, 2.75) is 32.7 Å². The molecule has 7 heteroatoms. The van der Waals surface area contributed by atoms with E-state index in [0.717, 1.165) is 28.6 Å². The second-order valence-electron chi connectivity index (χ2n) is 6.00. The second kappa shape index (κ2) is 12.0. The highest BCUT2D eigenvalue weighted by Crippen LogP contribution is 2.19. The lowest BCUT2D eigenvalue weighted by Gasteiger charge is -2.21. The van der Waals surface area contributed by atoms with E-state index in [4.69, 9.17) is 4.74 Å². The van der Waals surface area contributed by atoms with Crippen molar-refractivity contribution in [3.05, 3.63) is 35.4 Å². The highest BCUT2D eigenvalue weighted by Gasteiger charge is 2.26. The lowest BCUT2D eigenvalue weighted by Crippen LogP contribution is -2.45. The molecule has 0 unspecified atom stereocenters. The quantitative estimate of drug-likeness (QED) is 0.612. The van der Waals surface area contributed by atoms with Crippen LogP contribution in [0.4, 0.5) is 0 Å². The molecule has 0 aliphatic heterocycles. The molecular weight excluding hydrogens is 370 g/mol. The summed E-state index contributed by atoms with van der Waals surface area (Å²) < 4.78 is 4.80. The fourth-order valence-electron chi connectivity index (χ4n) is 2.47. The number of amides is 1. The highest BCUT2D eigenvalue weighted by atomic mass is 32.2. The van der Waals surface area contributed by atoms with Gasteiger partial charge in [-0.3, -0.25) is 9.59 Å². The van der Waals surface area contributed by atoms with Gasteiger partial charge < -0.3 is 10.1 Å². The first-order chi connectivity index (χ1) is 12.4. The van der Waals surface area contributed by atoms with E-state index in [1.165, 1.54) is 14.0 Å². The zero-order valence-corrected chi connectivity index (χ0v) is 17.4. The molecule has 0 spiro atoms. The highest BCUT2D eigenvalue weighted by molar-refractivity contribution is 8.13. The fraction of sp³-hybridized carbons (Fsp3) is 0.526. The molecule has 1 aromatic rings. The van der Waals surface area contributed by atoms with Crippen molar-refractivity contribution >= 4 is 40.5 Å². The summed E-state index contributed by atoms with van der Waals surface area (Å²) in [5, 5.41) is 2.79. The number of carbonyl (C=O) groups excluding carboxylic acids is 3. The molecule has 144 valence electrons. The van der Waals surface area contributed by atoms with Gasteiger partial charge in [-0.15, -0.1) is 0 Å². The first-order valence-corrected chi connectivity index (χ1v) is 10.8. The fourth-order valence-corrected chi connectivity index (χ4v) is 3.64. The van der Waals surface area contributed by atoms with Gasteiger partial charge in [-0.1, -0.05) is 36.0 Å². The molecule has 2 atom stereocenters. The van der Waals surface area contributed by atoms with E-state index in [9.17, 15) is 14.4 Å². The van der Waals surface area contributed by atoms with Crippen LogP contribution >= 0.6 is 23.5 Å². The van der Waals surface area contributed by atoms with Gasteiger partial charge in [0.1, 0.15) is 6.04 Å². The molecule has 1 N–H and O–H groups in total. The van der Waals surface area contributed by atoms with Gasteiger partial charge in [0.25, 0.3) is 0 Å². The van der Waals surface area contributed by atoms with E-state index in [1.54, 1.807) is 11.8 Å². The molecule has 5 nitrogen and oxygen atoms in total. The van der Waals surface area contributed by atoms with Gasteiger partial charge in [0.05, 0.1) is 13.0 Å². The van der Waals surface area contributed by atoms with E-state index in [0.29, 0.717) is 18.6 Å². The van der Waals surface area contributed by atoms with Crippen LogP contribution in [0.2, 0.25) is 0 Å². The third-order valence-corrected chi connectivity index (χ3v) is 5.62. The Balaban J connectivity index is 2.89. The van der Waals surface area contributed by atoms with Crippen LogP contribution < -0.4 is 5.32 Å². The first kappa shape index (κ1) is 22.6. The normalized spacial score (nSPS) is 12.9. The molecule has 0 fully saturated rings. The number of carbonyl (C=O) groups is 3. The van der Waals surface area contributed by atoms with Gasteiger partial charge in [-0.25, -0.2) is 4.79 Å². The molecule has 0 saturated heterocycles. The molecule has 26 heavy (non-hydrogen) atoms. The maximum Gasteiger partial charge on any atom is 0.328 e. The van der Waals surface area contributed by atoms with E-state index < -0.39 is 17.9 Å². The number of aryl methyl sites for hydroxylation is 1. The smallest absolute Gasteiger partial charge is 0.328 e. The van der Waals surface area contributed by atoms with Crippen molar-refractivity contribution in [3.8, 4) is 0 Å². The summed E-state index contributed by atoms with van der Waals surface area (Å²) >= 11 is 2.74. The second-order valence-corrected chi connectivity index (χ2v) is 8.18. The molecule has 0 radical (unpaired) electrons. The lowest BCUT2D eigenvalue weighted by atomic mass is 9.96. The van der Waals surface area contributed by atoms with E-state index in [1.807, 2.05) is 37.4 Å². The van der Waals surface area contributed by atoms with Gasteiger partial charge >= 0.3 is 5.97 Å². The van der Waals surface area contributed by atoms with Crippen LogP contribution in [0, 0.1) is 12.8 Å². The van der Waals surface area contributed by atoms with Crippen molar-refractivity contribution in [1.29, 1.82) is 0 Å². The monoisotopic (exact) mass is 397 g/mol. The Morgan fingerprint density at radius 1 is 1.23 bits per heavy atom. The molecule has 0 aliphatic carbocycles. The van der Waals surface area contributed by atoms with Gasteiger partial charge in [0.2, 0.25) is 5.91 Å².